The van der Waals surface area contributed by atoms with Crippen molar-refractivity contribution in [2.45, 2.75) is 25.3 Å². The Morgan fingerprint density at radius 3 is 3.19 bits per heavy atom. The lowest BCUT2D eigenvalue weighted by Crippen LogP contribution is -2.12. The van der Waals surface area contributed by atoms with E-state index in [4.69, 9.17) is 15.2 Å². The molecule has 1 aliphatic heterocycles. The normalized spacial score (nSPS) is 15.6. The third-order valence-electron chi connectivity index (χ3n) is 3.01. The molecule has 16 heavy (non-hydrogen) atoms. The SMILES string of the molecule is COCCCC(N)c1cccc2c1OCC2. The predicted octanol–water partition coefficient (Wildman–Crippen LogP) is 2.05. The minimum atomic E-state index is 0.0585. The van der Waals surface area contributed by atoms with Gasteiger partial charge in [0.2, 0.25) is 0 Å². The van der Waals surface area contributed by atoms with Gasteiger partial charge in [0.25, 0.3) is 0 Å². The molecule has 3 nitrogen and oxygen atoms in total. The van der Waals surface area contributed by atoms with E-state index in [0.29, 0.717) is 0 Å². The lowest BCUT2D eigenvalue weighted by atomic mass is 9.99. The molecule has 1 aromatic carbocycles. The molecule has 2 rings (SSSR count). The van der Waals surface area contributed by atoms with Gasteiger partial charge in [-0.2, -0.15) is 0 Å². The van der Waals surface area contributed by atoms with E-state index >= 15 is 0 Å². The zero-order valence-electron chi connectivity index (χ0n) is 9.74. The van der Waals surface area contributed by atoms with Crippen LogP contribution in [0, 0.1) is 0 Å². The molecular formula is C13H19NO2. The fourth-order valence-corrected chi connectivity index (χ4v) is 2.14. The Labute approximate surface area is 96.5 Å². The van der Waals surface area contributed by atoms with E-state index in [2.05, 4.69) is 18.2 Å². The van der Waals surface area contributed by atoms with Crippen LogP contribution < -0.4 is 10.5 Å². The largest absolute Gasteiger partial charge is 0.493 e. The van der Waals surface area contributed by atoms with Crippen LogP contribution in [0.2, 0.25) is 0 Å². The molecule has 0 fully saturated rings. The summed E-state index contributed by atoms with van der Waals surface area (Å²) in [7, 11) is 1.72. The highest BCUT2D eigenvalue weighted by Crippen LogP contribution is 2.33. The molecule has 1 heterocycles. The maximum atomic E-state index is 6.17. The van der Waals surface area contributed by atoms with Gasteiger partial charge in [0.05, 0.1) is 6.61 Å². The van der Waals surface area contributed by atoms with Gasteiger partial charge in [-0.05, 0) is 18.4 Å². The van der Waals surface area contributed by atoms with Crippen molar-refractivity contribution < 1.29 is 9.47 Å². The van der Waals surface area contributed by atoms with Crippen LogP contribution in [0.1, 0.15) is 30.0 Å². The molecule has 0 spiro atoms. The smallest absolute Gasteiger partial charge is 0.127 e. The van der Waals surface area contributed by atoms with Gasteiger partial charge in [-0.3, -0.25) is 0 Å². The molecule has 2 N–H and O–H groups in total. The summed E-state index contributed by atoms with van der Waals surface area (Å²) in [5.74, 6) is 1.02. The van der Waals surface area contributed by atoms with Gasteiger partial charge in [-0.1, -0.05) is 18.2 Å². The Morgan fingerprint density at radius 1 is 1.50 bits per heavy atom. The second-order valence-corrected chi connectivity index (χ2v) is 4.18. The molecule has 0 saturated heterocycles. The second kappa shape index (κ2) is 5.32. The van der Waals surface area contributed by atoms with Crippen LogP contribution in [-0.2, 0) is 11.2 Å². The summed E-state index contributed by atoms with van der Waals surface area (Å²) in [5.41, 5.74) is 8.61. The molecule has 0 aromatic heterocycles. The van der Waals surface area contributed by atoms with E-state index in [-0.39, 0.29) is 6.04 Å². The van der Waals surface area contributed by atoms with Crippen molar-refractivity contribution in [2.75, 3.05) is 20.3 Å². The molecular weight excluding hydrogens is 202 g/mol. The number of nitrogens with two attached hydrogens (primary N) is 1. The topological polar surface area (TPSA) is 44.5 Å². The molecule has 0 bridgehead atoms. The van der Waals surface area contributed by atoms with Crippen molar-refractivity contribution in [3.8, 4) is 5.75 Å². The van der Waals surface area contributed by atoms with Crippen molar-refractivity contribution in [2.24, 2.45) is 5.73 Å². The summed E-state index contributed by atoms with van der Waals surface area (Å²) in [6.07, 6.45) is 2.93. The molecule has 0 saturated carbocycles. The fourth-order valence-electron chi connectivity index (χ4n) is 2.14. The summed E-state index contributed by atoms with van der Waals surface area (Å²) >= 11 is 0. The molecule has 1 aromatic rings. The first-order valence-corrected chi connectivity index (χ1v) is 5.82. The summed E-state index contributed by atoms with van der Waals surface area (Å²) < 4.78 is 10.7. The fraction of sp³-hybridized carbons (Fsp3) is 0.538. The maximum absolute atomic E-state index is 6.17. The summed E-state index contributed by atoms with van der Waals surface area (Å²) in [5, 5.41) is 0. The first-order valence-electron chi connectivity index (χ1n) is 5.82. The highest BCUT2D eigenvalue weighted by atomic mass is 16.5. The number of methoxy groups -OCH3 is 1. The number of hydrogen-bond donors (Lipinski definition) is 1. The van der Waals surface area contributed by atoms with Crippen molar-refractivity contribution in [3.05, 3.63) is 29.3 Å². The predicted molar refractivity (Wildman–Crippen MR) is 63.7 cm³/mol. The van der Waals surface area contributed by atoms with E-state index < -0.39 is 0 Å². The zero-order chi connectivity index (χ0) is 11.4. The number of rotatable bonds is 5. The van der Waals surface area contributed by atoms with Crippen molar-refractivity contribution in [1.82, 2.24) is 0 Å². The highest BCUT2D eigenvalue weighted by molar-refractivity contribution is 5.45. The van der Waals surface area contributed by atoms with Crippen molar-refractivity contribution in [1.29, 1.82) is 0 Å². The van der Waals surface area contributed by atoms with Crippen LogP contribution in [-0.4, -0.2) is 20.3 Å². The average Bonchev–Trinajstić information content (AvgIpc) is 2.76. The summed E-state index contributed by atoms with van der Waals surface area (Å²) in [6, 6.07) is 6.32. The van der Waals surface area contributed by atoms with Crippen molar-refractivity contribution >= 4 is 0 Å². The van der Waals surface area contributed by atoms with Crippen LogP contribution in [0.4, 0.5) is 0 Å². The molecule has 1 unspecified atom stereocenters. The number of hydrogen-bond acceptors (Lipinski definition) is 3. The third kappa shape index (κ3) is 2.36. The molecule has 1 atom stereocenters. The van der Waals surface area contributed by atoms with Crippen LogP contribution >= 0.6 is 0 Å². The van der Waals surface area contributed by atoms with Gasteiger partial charge in [-0.15, -0.1) is 0 Å². The quantitative estimate of drug-likeness (QED) is 0.774. The van der Waals surface area contributed by atoms with Gasteiger partial charge in [0.15, 0.2) is 0 Å². The third-order valence-corrected chi connectivity index (χ3v) is 3.01. The van der Waals surface area contributed by atoms with Crippen LogP contribution in [0.3, 0.4) is 0 Å². The molecule has 88 valence electrons. The standard InChI is InChI=1S/C13H19NO2/c1-15-8-3-6-12(14)11-5-2-4-10-7-9-16-13(10)11/h2,4-5,12H,3,6-9,14H2,1H3. The molecule has 0 amide bonds. The molecule has 0 radical (unpaired) electrons. The van der Waals surface area contributed by atoms with Gasteiger partial charge < -0.3 is 15.2 Å². The summed E-state index contributed by atoms with van der Waals surface area (Å²) in [6.45, 7) is 1.56. The molecule has 3 heteroatoms. The Morgan fingerprint density at radius 2 is 2.38 bits per heavy atom. The van der Waals surface area contributed by atoms with Crippen molar-refractivity contribution in [3.63, 3.8) is 0 Å². The Hall–Kier alpha value is -1.06. The van der Waals surface area contributed by atoms with Gasteiger partial charge >= 0.3 is 0 Å². The van der Waals surface area contributed by atoms with Gasteiger partial charge in [0.1, 0.15) is 5.75 Å². The average molecular weight is 221 g/mol. The second-order valence-electron chi connectivity index (χ2n) is 4.18. The summed E-state index contributed by atoms with van der Waals surface area (Å²) in [4.78, 5) is 0. The molecule has 0 aliphatic carbocycles. The first-order chi connectivity index (χ1) is 7.83. The number of fused-ring (bicyclic) bond motifs is 1. The van der Waals surface area contributed by atoms with Crippen LogP contribution in [0.25, 0.3) is 0 Å². The van der Waals surface area contributed by atoms with E-state index in [1.807, 2.05) is 0 Å². The van der Waals surface area contributed by atoms with Gasteiger partial charge in [-0.25, -0.2) is 0 Å². The van der Waals surface area contributed by atoms with E-state index in [1.165, 1.54) is 5.56 Å². The Bertz CT molecular complexity index is 352. The monoisotopic (exact) mass is 221 g/mol. The zero-order valence-corrected chi connectivity index (χ0v) is 9.74. The minimum Gasteiger partial charge on any atom is -0.493 e. The van der Waals surface area contributed by atoms with Gasteiger partial charge in [0, 0.05) is 31.7 Å². The van der Waals surface area contributed by atoms with Crippen LogP contribution in [0.5, 0.6) is 5.75 Å². The number of para-hydroxylation sites is 1. The Kier molecular flexibility index (Phi) is 3.80. The maximum Gasteiger partial charge on any atom is 0.127 e. The lowest BCUT2D eigenvalue weighted by Gasteiger charge is -2.15. The Balaban J connectivity index is 2.05. The minimum absolute atomic E-state index is 0.0585. The van der Waals surface area contributed by atoms with E-state index in [9.17, 15) is 0 Å². The van der Waals surface area contributed by atoms with Crippen LogP contribution in [0.15, 0.2) is 18.2 Å². The van der Waals surface area contributed by atoms with E-state index in [1.54, 1.807) is 7.11 Å². The lowest BCUT2D eigenvalue weighted by molar-refractivity contribution is 0.190. The number of benzene rings is 1. The number of ether oxygens (including phenoxy) is 2. The molecule has 1 aliphatic rings. The first kappa shape index (κ1) is 11.4. The van der Waals surface area contributed by atoms with E-state index in [0.717, 1.165) is 43.8 Å². The highest BCUT2D eigenvalue weighted by Gasteiger charge is 2.19.